The maximum Gasteiger partial charge on any atom is 0.394 e. The summed E-state index contributed by atoms with van der Waals surface area (Å²) in [4.78, 5) is 21.3. The topological polar surface area (TPSA) is 89.3 Å². The lowest BCUT2D eigenvalue weighted by atomic mass is 9.81. The van der Waals surface area contributed by atoms with E-state index in [1.165, 1.54) is 4.57 Å². The van der Waals surface area contributed by atoms with Crippen LogP contribution in [0.25, 0.3) is 5.82 Å². The highest BCUT2D eigenvalue weighted by Crippen LogP contribution is 2.41. The predicted octanol–water partition coefficient (Wildman–Crippen LogP) is 5.74. The van der Waals surface area contributed by atoms with Crippen molar-refractivity contribution in [2.24, 2.45) is 17.3 Å². The number of alkyl halides is 5. The first-order valence-corrected chi connectivity index (χ1v) is 12.8. The van der Waals surface area contributed by atoms with E-state index in [1.807, 2.05) is 0 Å². The lowest BCUT2D eigenvalue weighted by Gasteiger charge is -2.31. The van der Waals surface area contributed by atoms with Crippen LogP contribution in [0, 0.1) is 17.3 Å². The van der Waals surface area contributed by atoms with Crippen LogP contribution >= 0.6 is 11.6 Å². The number of rotatable bonds is 9. The third-order valence-electron chi connectivity index (χ3n) is 6.90. The zero-order valence-corrected chi connectivity index (χ0v) is 22.3. The molecule has 2 aromatic rings. The highest BCUT2D eigenvalue weighted by molar-refractivity contribution is 6.32. The molecule has 13 heteroatoms. The van der Waals surface area contributed by atoms with Gasteiger partial charge in [0.15, 0.2) is 17.3 Å². The van der Waals surface area contributed by atoms with Crippen molar-refractivity contribution in [3.63, 3.8) is 0 Å². The second kappa shape index (κ2) is 11.7. The van der Waals surface area contributed by atoms with Crippen molar-refractivity contribution in [2.45, 2.75) is 78.7 Å². The molecule has 1 saturated carbocycles. The molecule has 1 fully saturated rings. The minimum atomic E-state index is -4.54. The Labute approximate surface area is 222 Å². The Balaban J connectivity index is 1.92. The van der Waals surface area contributed by atoms with Crippen LogP contribution in [0.3, 0.4) is 0 Å². The molecule has 7 nitrogen and oxygen atoms in total. The molecule has 0 aliphatic heterocycles. The number of hydrogen-bond acceptors (Lipinski definition) is 5. The Morgan fingerprint density at radius 2 is 2.00 bits per heavy atom. The van der Waals surface area contributed by atoms with Gasteiger partial charge in [0.25, 0.3) is 5.91 Å². The smallest absolute Gasteiger partial charge is 0.394 e. The molecule has 2 N–H and O–H groups in total. The van der Waals surface area contributed by atoms with Crippen molar-refractivity contribution in [1.82, 2.24) is 19.9 Å². The molecule has 0 bridgehead atoms. The number of amides is 1. The summed E-state index contributed by atoms with van der Waals surface area (Å²) in [5, 5.41) is 12.8. The molecular weight excluding hydrogens is 535 g/mol. The van der Waals surface area contributed by atoms with Crippen molar-refractivity contribution >= 4 is 17.5 Å². The Bertz CT molecular complexity index is 1140. The van der Waals surface area contributed by atoms with E-state index in [0.717, 1.165) is 39.0 Å². The number of halogens is 6. The molecule has 1 aliphatic carbocycles. The van der Waals surface area contributed by atoms with Gasteiger partial charge in [0.2, 0.25) is 0 Å². The van der Waals surface area contributed by atoms with Gasteiger partial charge in [-0.3, -0.25) is 9.36 Å². The minimum absolute atomic E-state index is 0.0272. The first-order valence-electron chi connectivity index (χ1n) is 12.4. The van der Waals surface area contributed by atoms with Crippen LogP contribution in [0.5, 0.6) is 5.75 Å². The molecule has 2 heterocycles. The van der Waals surface area contributed by atoms with Gasteiger partial charge in [-0.2, -0.15) is 22.0 Å². The second-order valence-electron chi connectivity index (χ2n) is 10.4. The molecule has 0 unspecified atom stereocenters. The summed E-state index contributed by atoms with van der Waals surface area (Å²) in [6.07, 6.45) is -1.93. The number of carbonyl (C=O) groups is 1. The number of nitrogens with one attached hydrogen (secondary N) is 1. The highest BCUT2D eigenvalue weighted by atomic mass is 35.5. The standard InChI is InChI=1S/C25H32ClF5N4O3/c1-5-18-34-19(22(37)33-12-15-7-6-13(2)8-16(15)36)20(26)35(18)21-17(38-23(27)28)9-14(11-32-21)10-24(3,4)25(29,30)31/h9,11,13,15-16,23,36H,5-8,10,12H2,1-4H3,(H,33,37)/t13-,15+,16-/m0/s1. The lowest BCUT2D eigenvalue weighted by molar-refractivity contribution is -0.211. The molecule has 0 saturated heterocycles. The number of aliphatic hydroxyl groups excluding tert-OH is 1. The predicted molar refractivity (Wildman–Crippen MR) is 131 cm³/mol. The highest BCUT2D eigenvalue weighted by Gasteiger charge is 2.47. The van der Waals surface area contributed by atoms with E-state index in [0.29, 0.717) is 12.3 Å². The average Bonchev–Trinajstić information content (AvgIpc) is 3.13. The molecule has 3 rings (SSSR count). The fraction of sp³-hybridized carbons (Fsp3) is 0.640. The Kier molecular flexibility index (Phi) is 9.28. The van der Waals surface area contributed by atoms with Gasteiger partial charge >= 0.3 is 12.8 Å². The van der Waals surface area contributed by atoms with E-state index >= 15 is 0 Å². The second-order valence-corrected chi connectivity index (χ2v) is 10.8. The number of aliphatic hydroxyl groups is 1. The van der Waals surface area contributed by atoms with E-state index < -0.39 is 42.4 Å². The van der Waals surface area contributed by atoms with Crippen LogP contribution in [-0.2, 0) is 12.8 Å². The summed E-state index contributed by atoms with van der Waals surface area (Å²) in [6, 6.07) is 1.06. The third kappa shape index (κ3) is 6.74. The molecule has 2 aromatic heterocycles. The quantitative estimate of drug-likeness (QED) is 0.378. The van der Waals surface area contributed by atoms with Gasteiger partial charge in [0.1, 0.15) is 11.0 Å². The molecule has 3 atom stereocenters. The number of nitrogens with zero attached hydrogens (tertiary/aromatic N) is 3. The summed E-state index contributed by atoms with van der Waals surface area (Å²) in [7, 11) is 0. The van der Waals surface area contributed by atoms with Crippen molar-refractivity contribution in [2.75, 3.05) is 6.54 Å². The maximum atomic E-state index is 13.4. The summed E-state index contributed by atoms with van der Waals surface area (Å²) in [6.45, 7) is 2.66. The summed E-state index contributed by atoms with van der Waals surface area (Å²) < 4.78 is 72.4. The maximum absolute atomic E-state index is 13.4. The van der Waals surface area contributed by atoms with E-state index in [-0.39, 0.29) is 46.9 Å². The van der Waals surface area contributed by atoms with Crippen LogP contribution in [0.4, 0.5) is 22.0 Å². The molecule has 1 aliphatic rings. The van der Waals surface area contributed by atoms with E-state index in [2.05, 4.69) is 26.9 Å². The molecule has 38 heavy (non-hydrogen) atoms. The minimum Gasteiger partial charge on any atom is -0.431 e. The lowest BCUT2D eigenvalue weighted by Crippen LogP contribution is -2.38. The first kappa shape index (κ1) is 30.1. The first-order chi connectivity index (χ1) is 17.6. The van der Waals surface area contributed by atoms with Gasteiger partial charge < -0.3 is 15.2 Å². The number of imidazole rings is 1. The molecular formula is C25H32ClF5N4O3. The number of pyridine rings is 1. The van der Waals surface area contributed by atoms with Crippen LogP contribution in [-0.4, -0.2) is 51.0 Å². The Morgan fingerprint density at radius 3 is 2.58 bits per heavy atom. The van der Waals surface area contributed by atoms with Gasteiger partial charge in [0.05, 0.1) is 11.5 Å². The molecule has 212 valence electrons. The SMILES string of the molecule is CCc1nc(C(=O)NC[C@H]2CC[C@H](C)C[C@@H]2O)c(Cl)n1-c1ncc(CC(C)(C)C(F)(F)F)cc1OC(F)F. The van der Waals surface area contributed by atoms with Crippen molar-refractivity contribution in [3.05, 3.63) is 34.5 Å². The monoisotopic (exact) mass is 566 g/mol. The van der Waals surface area contributed by atoms with Crippen LogP contribution < -0.4 is 10.1 Å². The average molecular weight is 567 g/mol. The Hall–Kier alpha value is -2.47. The van der Waals surface area contributed by atoms with Crippen LogP contribution in [0.15, 0.2) is 12.3 Å². The Morgan fingerprint density at radius 1 is 1.32 bits per heavy atom. The van der Waals surface area contributed by atoms with Gasteiger partial charge in [-0.25, -0.2) is 9.97 Å². The fourth-order valence-corrected chi connectivity index (χ4v) is 4.84. The van der Waals surface area contributed by atoms with E-state index in [4.69, 9.17) is 11.6 Å². The normalized spacial score (nSPS) is 20.6. The number of carbonyl (C=O) groups excluding carboxylic acids is 1. The largest absolute Gasteiger partial charge is 0.431 e. The van der Waals surface area contributed by atoms with E-state index in [1.54, 1.807) is 6.92 Å². The van der Waals surface area contributed by atoms with Gasteiger partial charge in [0, 0.05) is 25.1 Å². The summed E-state index contributed by atoms with van der Waals surface area (Å²) >= 11 is 6.48. The summed E-state index contributed by atoms with van der Waals surface area (Å²) in [5.74, 6) is -0.865. The zero-order valence-electron chi connectivity index (χ0n) is 21.6. The van der Waals surface area contributed by atoms with Gasteiger partial charge in [-0.05, 0) is 36.8 Å². The van der Waals surface area contributed by atoms with Crippen molar-refractivity contribution in [3.8, 4) is 11.6 Å². The number of ether oxygens (including phenoxy) is 1. The molecule has 0 aromatic carbocycles. The van der Waals surface area contributed by atoms with Gasteiger partial charge in [-0.1, -0.05) is 45.7 Å². The number of hydrogen-bond donors (Lipinski definition) is 2. The van der Waals surface area contributed by atoms with Crippen LogP contribution in [0.2, 0.25) is 5.15 Å². The third-order valence-corrected chi connectivity index (χ3v) is 7.24. The number of aryl methyl sites for hydroxylation is 1. The number of aromatic nitrogens is 3. The fourth-order valence-electron chi connectivity index (χ4n) is 4.54. The molecule has 1 amide bonds. The van der Waals surface area contributed by atoms with E-state index in [9.17, 15) is 31.9 Å². The van der Waals surface area contributed by atoms with Crippen LogP contribution in [0.1, 0.15) is 68.8 Å². The molecule has 0 radical (unpaired) electrons. The zero-order chi connectivity index (χ0) is 28.4. The van der Waals surface area contributed by atoms with Crippen molar-refractivity contribution in [1.29, 1.82) is 0 Å². The van der Waals surface area contributed by atoms with Gasteiger partial charge in [-0.15, -0.1) is 0 Å². The molecule has 0 spiro atoms. The van der Waals surface area contributed by atoms with Crippen molar-refractivity contribution < 1.29 is 36.6 Å². The summed E-state index contributed by atoms with van der Waals surface area (Å²) in [5.41, 5.74) is -2.29.